The van der Waals surface area contributed by atoms with Gasteiger partial charge in [-0.25, -0.2) is 4.98 Å². The Labute approximate surface area is 159 Å². The standard InChI is InChI=1S/C17H23N3O4S2/c1-8(5-13(21)22)6-18-15(23)11(4)25-7-12-19-16(24)14-9(2)10(3)26-17(14)20-12/h8,11H,5-7H2,1-4H3,(H,18,23)(H,21,22)(H,19,20,24). The number of aromatic amines is 1. The quantitative estimate of drug-likeness (QED) is 0.631. The molecule has 0 spiro atoms. The van der Waals surface area contributed by atoms with Crippen LogP contribution < -0.4 is 10.9 Å². The van der Waals surface area contributed by atoms with Crippen molar-refractivity contribution in [2.75, 3.05) is 6.54 Å². The van der Waals surface area contributed by atoms with Gasteiger partial charge >= 0.3 is 5.97 Å². The molecule has 2 atom stereocenters. The zero-order chi connectivity index (χ0) is 19.4. The Morgan fingerprint density at radius 1 is 1.35 bits per heavy atom. The first-order valence-corrected chi connectivity index (χ1v) is 10.2. The number of rotatable bonds is 8. The van der Waals surface area contributed by atoms with Crippen molar-refractivity contribution in [3.05, 3.63) is 26.6 Å². The second-order valence-corrected chi connectivity index (χ2v) is 8.91. The van der Waals surface area contributed by atoms with Crippen LogP contribution in [0.4, 0.5) is 0 Å². The number of hydrogen-bond acceptors (Lipinski definition) is 6. The van der Waals surface area contributed by atoms with Gasteiger partial charge in [-0.1, -0.05) is 6.92 Å². The van der Waals surface area contributed by atoms with Crippen molar-refractivity contribution in [1.29, 1.82) is 0 Å². The fraction of sp³-hybridized carbons (Fsp3) is 0.529. The lowest BCUT2D eigenvalue weighted by atomic mass is 10.1. The number of carboxylic acid groups (broad SMARTS) is 1. The number of carbonyl (C=O) groups excluding carboxylic acids is 1. The van der Waals surface area contributed by atoms with Crippen LogP contribution in [0.1, 0.15) is 36.5 Å². The van der Waals surface area contributed by atoms with Gasteiger partial charge in [0, 0.05) is 17.8 Å². The van der Waals surface area contributed by atoms with E-state index in [1.54, 1.807) is 13.8 Å². The number of fused-ring (bicyclic) bond motifs is 1. The van der Waals surface area contributed by atoms with Crippen molar-refractivity contribution in [3.8, 4) is 0 Å². The van der Waals surface area contributed by atoms with Crippen LogP contribution in [0.3, 0.4) is 0 Å². The van der Waals surface area contributed by atoms with E-state index in [4.69, 9.17) is 5.11 Å². The fourth-order valence-corrected chi connectivity index (χ4v) is 4.26. The Morgan fingerprint density at radius 3 is 2.69 bits per heavy atom. The van der Waals surface area contributed by atoms with Crippen molar-refractivity contribution in [3.63, 3.8) is 0 Å². The minimum absolute atomic E-state index is 0.0205. The molecule has 0 saturated carbocycles. The van der Waals surface area contributed by atoms with Crippen LogP contribution >= 0.6 is 23.1 Å². The smallest absolute Gasteiger partial charge is 0.303 e. The Morgan fingerprint density at radius 2 is 2.04 bits per heavy atom. The fourth-order valence-electron chi connectivity index (χ4n) is 2.44. The number of aromatic nitrogens is 2. The number of aliphatic carboxylic acids is 1. The number of H-pyrrole nitrogens is 1. The Bertz CT molecular complexity index is 875. The normalized spacial score (nSPS) is 13.5. The molecule has 0 aliphatic heterocycles. The van der Waals surface area contributed by atoms with Gasteiger partial charge in [-0.3, -0.25) is 14.4 Å². The molecule has 7 nitrogen and oxygen atoms in total. The Hall–Kier alpha value is -1.87. The summed E-state index contributed by atoms with van der Waals surface area (Å²) in [7, 11) is 0. The first-order chi connectivity index (χ1) is 12.2. The van der Waals surface area contributed by atoms with E-state index in [0.29, 0.717) is 23.5 Å². The van der Waals surface area contributed by atoms with E-state index in [9.17, 15) is 14.4 Å². The molecule has 0 fully saturated rings. The average molecular weight is 398 g/mol. The molecule has 0 radical (unpaired) electrons. The highest BCUT2D eigenvalue weighted by molar-refractivity contribution is 7.99. The van der Waals surface area contributed by atoms with Crippen LogP contribution in [-0.2, 0) is 15.3 Å². The minimum Gasteiger partial charge on any atom is -0.481 e. The molecule has 0 aliphatic rings. The predicted octanol–water partition coefficient (Wildman–Crippen LogP) is 2.45. The van der Waals surface area contributed by atoms with Gasteiger partial charge in [0.25, 0.3) is 5.56 Å². The molecule has 0 aliphatic carbocycles. The molecule has 3 N–H and O–H groups in total. The summed E-state index contributed by atoms with van der Waals surface area (Å²) in [5.74, 6) is -0.190. The van der Waals surface area contributed by atoms with Crippen LogP contribution in [0.25, 0.3) is 10.2 Å². The number of thioether (sulfide) groups is 1. The maximum Gasteiger partial charge on any atom is 0.303 e. The molecule has 0 bridgehead atoms. The first-order valence-electron chi connectivity index (χ1n) is 8.29. The van der Waals surface area contributed by atoms with Gasteiger partial charge in [0.15, 0.2) is 0 Å². The highest BCUT2D eigenvalue weighted by Crippen LogP contribution is 2.26. The molecule has 26 heavy (non-hydrogen) atoms. The minimum atomic E-state index is -0.876. The van der Waals surface area contributed by atoms with E-state index in [1.807, 2.05) is 13.8 Å². The van der Waals surface area contributed by atoms with Crippen LogP contribution in [0.15, 0.2) is 4.79 Å². The third kappa shape index (κ3) is 5.07. The summed E-state index contributed by atoms with van der Waals surface area (Å²) in [6.45, 7) is 7.76. The van der Waals surface area contributed by atoms with Gasteiger partial charge in [0.05, 0.1) is 16.4 Å². The van der Waals surface area contributed by atoms with E-state index in [0.717, 1.165) is 15.3 Å². The van der Waals surface area contributed by atoms with Gasteiger partial charge in [-0.05, 0) is 32.3 Å². The van der Waals surface area contributed by atoms with Crippen molar-refractivity contribution in [2.24, 2.45) is 5.92 Å². The second-order valence-electron chi connectivity index (χ2n) is 6.38. The Balaban J connectivity index is 1.93. The number of hydrogen-bond donors (Lipinski definition) is 3. The van der Waals surface area contributed by atoms with E-state index in [-0.39, 0.29) is 29.1 Å². The number of aryl methyl sites for hydroxylation is 2. The van der Waals surface area contributed by atoms with Crippen molar-refractivity contribution in [1.82, 2.24) is 15.3 Å². The lowest BCUT2D eigenvalue weighted by Crippen LogP contribution is -2.34. The highest BCUT2D eigenvalue weighted by atomic mass is 32.2. The summed E-state index contributed by atoms with van der Waals surface area (Å²) in [5.41, 5.74) is 0.813. The molecule has 0 saturated heterocycles. The topological polar surface area (TPSA) is 112 Å². The van der Waals surface area contributed by atoms with Crippen LogP contribution in [-0.4, -0.2) is 38.7 Å². The molecular formula is C17H23N3O4S2. The SMILES string of the molecule is Cc1sc2nc(CSC(C)C(=O)NCC(C)CC(=O)O)[nH]c(=O)c2c1C. The molecule has 2 aromatic rings. The molecule has 2 rings (SSSR count). The number of carbonyl (C=O) groups is 2. The van der Waals surface area contributed by atoms with Gasteiger partial charge in [0.2, 0.25) is 5.91 Å². The number of nitrogens with zero attached hydrogens (tertiary/aromatic N) is 1. The van der Waals surface area contributed by atoms with E-state index in [2.05, 4.69) is 15.3 Å². The van der Waals surface area contributed by atoms with Gasteiger partial charge in [-0.2, -0.15) is 0 Å². The van der Waals surface area contributed by atoms with Crippen LogP contribution in [0, 0.1) is 19.8 Å². The molecule has 9 heteroatoms. The van der Waals surface area contributed by atoms with Crippen LogP contribution in [0.5, 0.6) is 0 Å². The molecule has 2 unspecified atom stereocenters. The van der Waals surface area contributed by atoms with E-state index < -0.39 is 5.97 Å². The van der Waals surface area contributed by atoms with E-state index in [1.165, 1.54) is 23.1 Å². The Kier molecular flexibility index (Phi) is 6.82. The second kappa shape index (κ2) is 8.68. The molecular weight excluding hydrogens is 374 g/mol. The highest BCUT2D eigenvalue weighted by Gasteiger charge is 2.17. The lowest BCUT2D eigenvalue weighted by Gasteiger charge is -2.14. The summed E-state index contributed by atoms with van der Waals surface area (Å²) in [5, 5.41) is 11.8. The first kappa shape index (κ1) is 20.4. The monoisotopic (exact) mass is 397 g/mol. The summed E-state index contributed by atoms with van der Waals surface area (Å²) in [6.07, 6.45) is 0.0205. The third-order valence-electron chi connectivity index (χ3n) is 4.08. The van der Waals surface area contributed by atoms with Gasteiger partial charge < -0.3 is 15.4 Å². The number of nitrogens with one attached hydrogen (secondary N) is 2. The summed E-state index contributed by atoms with van der Waals surface area (Å²) in [6, 6.07) is 0. The maximum absolute atomic E-state index is 12.3. The third-order valence-corrected chi connectivity index (χ3v) is 6.33. The predicted molar refractivity (Wildman–Crippen MR) is 105 cm³/mol. The van der Waals surface area contributed by atoms with E-state index >= 15 is 0 Å². The number of thiophene rings is 1. The number of amides is 1. The van der Waals surface area contributed by atoms with Gasteiger partial charge in [0.1, 0.15) is 10.7 Å². The van der Waals surface area contributed by atoms with Crippen molar-refractivity contribution >= 4 is 45.2 Å². The molecule has 2 aromatic heterocycles. The molecule has 0 aromatic carbocycles. The van der Waals surface area contributed by atoms with Gasteiger partial charge in [-0.15, -0.1) is 23.1 Å². The van der Waals surface area contributed by atoms with Crippen LogP contribution in [0.2, 0.25) is 0 Å². The van der Waals surface area contributed by atoms with Crippen molar-refractivity contribution < 1.29 is 14.7 Å². The maximum atomic E-state index is 12.3. The number of carboxylic acids is 1. The summed E-state index contributed by atoms with van der Waals surface area (Å²) in [4.78, 5) is 44.1. The average Bonchev–Trinajstić information content (AvgIpc) is 2.84. The molecule has 142 valence electrons. The lowest BCUT2D eigenvalue weighted by molar-refractivity contribution is -0.138. The zero-order valence-electron chi connectivity index (χ0n) is 15.2. The van der Waals surface area contributed by atoms with Crippen molar-refractivity contribution in [2.45, 2.75) is 45.1 Å². The zero-order valence-corrected chi connectivity index (χ0v) is 16.8. The summed E-state index contributed by atoms with van der Waals surface area (Å²) < 4.78 is 0. The molecule has 1 amide bonds. The molecule has 2 heterocycles. The summed E-state index contributed by atoms with van der Waals surface area (Å²) >= 11 is 2.87. The largest absolute Gasteiger partial charge is 0.481 e.